The van der Waals surface area contributed by atoms with Crippen molar-refractivity contribution < 1.29 is 9.23 Å². The summed E-state index contributed by atoms with van der Waals surface area (Å²) in [7, 11) is 0. The van der Waals surface area contributed by atoms with E-state index >= 15 is 0 Å². The van der Waals surface area contributed by atoms with Crippen LogP contribution in [-0.2, 0) is 10.3 Å². The molecule has 23 heavy (non-hydrogen) atoms. The molecule has 0 amide bonds. The lowest BCUT2D eigenvalue weighted by atomic mass is 9.86. The number of nitrogens with zero attached hydrogens (tertiary/aromatic N) is 4. The Morgan fingerprint density at radius 3 is 2.61 bits per heavy atom. The van der Waals surface area contributed by atoms with E-state index in [9.17, 15) is 4.39 Å². The summed E-state index contributed by atoms with van der Waals surface area (Å²) in [5.41, 5.74) is 1.95. The lowest BCUT2D eigenvalue weighted by molar-refractivity contribution is 0.168. The van der Waals surface area contributed by atoms with Gasteiger partial charge in [-0.1, -0.05) is 62.8 Å². The monoisotopic (exact) mass is 316 g/mol. The van der Waals surface area contributed by atoms with Crippen LogP contribution in [0.15, 0.2) is 54.7 Å². The summed E-state index contributed by atoms with van der Waals surface area (Å²) in [5.74, 6) is 0. The smallest absolute Gasteiger partial charge is 0.239 e. The van der Waals surface area contributed by atoms with Crippen molar-refractivity contribution in [2.45, 2.75) is 32.5 Å². The first-order valence-electron chi connectivity index (χ1n) is 7.33. The molecule has 1 unspecified atom stereocenters. The number of aromatic nitrogens is 3. The van der Waals surface area contributed by atoms with Gasteiger partial charge in [-0.15, -0.1) is 0 Å². The molecule has 0 bridgehead atoms. The minimum absolute atomic E-state index is 0.0240. The molecular formula is C17H21FN4O. The van der Waals surface area contributed by atoms with Crippen LogP contribution in [0.25, 0.3) is 0 Å². The number of oxime groups is 1. The van der Waals surface area contributed by atoms with Crippen molar-refractivity contribution >= 4 is 5.71 Å². The van der Waals surface area contributed by atoms with Gasteiger partial charge >= 0.3 is 0 Å². The molecule has 0 N–H and O–H groups in total. The predicted molar refractivity (Wildman–Crippen MR) is 88.0 cm³/mol. The van der Waals surface area contributed by atoms with E-state index < -0.39 is 6.30 Å². The third kappa shape index (κ3) is 4.25. The van der Waals surface area contributed by atoms with Crippen molar-refractivity contribution in [2.24, 2.45) is 5.16 Å². The molecule has 0 fully saturated rings. The van der Waals surface area contributed by atoms with Crippen molar-refractivity contribution in [2.75, 3.05) is 6.61 Å². The van der Waals surface area contributed by atoms with Crippen molar-refractivity contribution in [1.82, 2.24) is 14.8 Å². The maximum absolute atomic E-state index is 14.7. The van der Waals surface area contributed by atoms with E-state index in [2.05, 4.69) is 42.6 Å². The van der Waals surface area contributed by atoms with E-state index in [0.717, 1.165) is 10.2 Å². The van der Waals surface area contributed by atoms with E-state index in [0.29, 0.717) is 5.56 Å². The molecule has 6 heteroatoms. The highest BCUT2D eigenvalue weighted by Crippen LogP contribution is 2.24. The van der Waals surface area contributed by atoms with Gasteiger partial charge in [0.15, 0.2) is 0 Å². The van der Waals surface area contributed by atoms with Crippen LogP contribution in [0.5, 0.6) is 0 Å². The molecule has 0 saturated carbocycles. The maximum Gasteiger partial charge on any atom is 0.239 e. The van der Waals surface area contributed by atoms with Crippen LogP contribution < -0.4 is 0 Å². The summed E-state index contributed by atoms with van der Waals surface area (Å²) in [6.07, 6.45) is 2.55. The minimum Gasteiger partial charge on any atom is -0.391 e. The molecule has 0 radical (unpaired) electrons. The van der Waals surface area contributed by atoms with E-state index in [-0.39, 0.29) is 17.7 Å². The van der Waals surface area contributed by atoms with Crippen LogP contribution in [-0.4, -0.2) is 27.1 Å². The SMILES string of the molecule is C=CCON=C(c1ccc(C(C)(C)C)cc1)C(F)n1cncn1. The van der Waals surface area contributed by atoms with E-state index in [1.165, 1.54) is 12.7 Å². The molecular weight excluding hydrogens is 295 g/mol. The summed E-state index contributed by atoms with van der Waals surface area (Å²) in [5, 5.41) is 7.73. The van der Waals surface area contributed by atoms with Gasteiger partial charge in [-0.05, 0) is 11.0 Å². The van der Waals surface area contributed by atoms with Crippen LogP contribution in [0.4, 0.5) is 4.39 Å². The third-order valence-electron chi connectivity index (χ3n) is 3.30. The van der Waals surface area contributed by atoms with Gasteiger partial charge < -0.3 is 4.84 Å². The second-order valence-electron chi connectivity index (χ2n) is 6.10. The number of alkyl halides is 1. The molecule has 0 aliphatic rings. The van der Waals surface area contributed by atoms with Gasteiger partial charge in [0.05, 0.1) is 0 Å². The van der Waals surface area contributed by atoms with Gasteiger partial charge in [-0.2, -0.15) is 5.10 Å². The zero-order valence-corrected chi connectivity index (χ0v) is 13.6. The highest BCUT2D eigenvalue weighted by molar-refractivity contribution is 6.02. The Labute approximate surface area is 135 Å². The fourth-order valence-corrected chi connectivity index (χ4v) is 1.99. The number of benzene rings is 1. The Kier molecular flexibility index (Phi) is 5.26. The molecule has 2 aromatic rings. The zero-order valence-electron chi connectivity index (χ0n) is 13.6. The zero-order chi connectivity index (χ0) is 16.9. The summed E-state index contributed by atoms with van der Waals surface area (Å²) in [6.45, 7) is 10.1. The van der Waals surface area contributed by atoms with Gasteiger partial charge in [-0.3, -0.25) is 0 Å². The maximum atomic E-state index is 14.7. The van der Waals surface area contributed by atoms with Crippen molar-refractivity contribution in [1.29, 1.82) is 0 Å². The number of hydrogen-bond donors (Lipinski definition) is 0. The first-order valence-corrected chi connectivity index (χ1v) is 7.33. The second kappa shape index (κ2) is 7.17. The first-order chi connectivity index (χ1) is 10.9. The number of rotatable bonds is 6. The van der Waals surface area contributed by atoms with E-state index in [1.807, 2.05) is 24.3 Å². The lowest BCUT2D eigenvalue weighted by Crippen LogP contribution is -2.18. The van der Waals surface area contributed by atoms with Crippen LogP contribution in [0.3, 0.4) is 0 Å². The van der Waals surface area contributed by atoms with Gasteiger partial charge in [0.1, 0.15) is 25.0 Å². The van der Waals surface area contributed by atoms with Crippen molar-refractivity contribution in [3.8, 4) is 0 Å². The number of halogens is 1. The molecule has 0 spiro atoms. The topological polar surface area (TPSA) is 52.3 Å². The van der Waals surface area contributed by atoms with Gasteiger partial charge in [0.25, 0.3) is 0 Å². The molecule has 1 aromatic heterocycles. The average Bonchev–Trinajstić information content (AvgIpc) is 3.05. The fourth-order valence-electron chi connectivity index (χ4n) is 1.99. The summed E-state index contributed by atoms with van der Waals surface area (Å²) in [6, 6.07) is 7.60. The molecule has 0 aliphatic carbocycles. The minimum atomic E-state index is -1.58. The van der Waals surface area contributed by atoms with E-state index in [4.69, 9.17) is 4.84 Å². The normalized spacial score (nSPS) is 13.7. The Bertz CT molecular complexity index is 657. The molecule has 0 aliphatic heterocycles. The van der Waals surface area contributed by atoms with Gasteiger partial charge in [-0.25, -0.2) is 14.1 Å². The highest BCUT2D eigenvalue weighted by atomic mass is 19.1. The quantitative estimate of drug-likeness (QED) is 0.354. The van der Waals surface area contributed by atoms with Crippen LogP contribution in [0, 0.1) is 0 Å². The first kappa shape index (κ1) is 16.9. The molecule has 1 atom stereocenters. The van der Waals surface area contributed by atoms with Gasteiger partial charge in [0.2, 0.25) is 6.30 Å². The van der Waals surface area contributed by atoms with Crippen molar-refractivity contribution in [3.05, 3.63) is 60.7 Å². The average molecular weight is 316 g/mol. The molecule has 1 heterocycles. The highest BCUT2D eigenvalue weighted by Gasteiger charge is 2.22. The Morgan fingerprint density at radius 2 is 2.09 bits per heavy atom. The molecule has 0 saturated heterocycles. The Morgan fingerprint density at radius 1 is 1.39 bits per heavy atom. The predicted octanol–water partition coefficient (Wildman–Crippen LogP) is 3.65. The summed E-state index contributed by atoms with van der Waals surface area (Å²) in [4.78, 5) is 8.85. The van der Waals surface area contributed by atoms with Crippen LogP contribution in [0.1, 0.15) is 38.2 Å². The molecule has 2 rings (SSSR count). The fraction of sp³-hybridized carbons (Fsp3) is 0.353. The number of hydrogen-bond acceptors (Lipinski definition) is 4. The summed E-state index contributed by atoms with van der Waals surface area (Å²) < 4.78 is 15.8. The Hall–Kier alpha value is -2.50. The van der Waals surface area contributed by atoms with Crippen LogP contribution >= 0.6 is 0 Å². The second-order valence-corrected chi connectivity index (χ2v) is 6.10. The molecule has 122 valence electrons. The Balaban J connectivity index is 2.33. The van der Waals surface area contributed by atoms with Crippen molar-refractivity contribution in [3.63, 3.8) is 0 Å². The van der Waals surface area contributed by atoms with E-state index in [1.54, 1.807) is 6.08 Å². The lowest BCUT2D eigenvalue weighted by Gasteiger charge is -2.19. The summed E-state index contributed by atoms with van der Waals surface area (Å²) >= 11 is 0. The largest absolute Gasteiger partial charge is 0.391 e. The third-order valence-corrected chi connectivity index (χ3v) is 3.30. The standard InChI is InChI=1S/C17H21FN4O/c1-5-10-23-21-15(16(18)22-12-19-11-20-22)13-6-8-14(9-7-13)17(2,3)4/h5-9,11-12,16H,1,10H2,2-4H3. The van der Waals surface area contributed by atoms with Gasteiger partial charge in [0, 0.05) is 5.56 Å². The van der Waals surface area contributed by atoms with Crippen LogP contribution in [0.2, 0.25) is 0 Å². The molecule has 1 aromatic carbocycles. The molecule has 5 nitrogen and oxygen atoms in total.